The summed E-state index contributed by atoms with van der Waals surface area (Å²) in [5, 5.41) is 0.837. The maximum atomic E-state index is 12.8. The first-order valence-electron chi connectivity index (χ1n) is 9.36. The van der Waals surface area contributed by atoms with Gasteiger partial charge in [0, 0.05) is 36.9 Å². The molecule has 2 aromatic rings. The van der Waals surface area contributed by atoms with Crippen molar-refractivity contribution in [2.24, 2.45) is 0 Å². The lowest BCUT2D eigenvalue weighted by molar-refractivity contribution is -0.132. The molecule has 1 aliphatic heterocycles. The lowest BCUT2D eigenvalue weighted by Gasteiger charge is -2.37. The van der Waals surface area contributed by atoms with Crippen molar-refractivity contribution in [1.29, 1.82) is 0 Å². The molecule has 1 N–H and O–H groups in total. The Morgan fingerprint density at radius 1 is 1.10 bits per heavy atom. The van der Waals surface area contributed by atoms with Crippen LogP contribution in [0.1, 0.15) is 6.92 Å². The monoisotopic (exact) mass is 471 g/mol. The number of carbonyl (C=O) groups is 1. The van der Waals surface area contributed by atoms with Crippen molar-refractivity contribution in [3.63, 3.8) is 0 Å². The molecule has 162 valence electrons. The first kappa shape index (κ1) is 22.7. The van der Waals surface area contributed by atoms with Crippen molar-refractivity contribution in [3.8, 4) is 5.75 Å². The molecule has 0 unspecified atom stereocenters. The van der Waals surface area contributed by atoms with Crippen LogP contribution in [0.4, 0.5) is 5.69 Å². The average Bonchev–Trinajstić information content (AvgIpc) is 2.73. The van der Waals surface area contributed by atoms with Crippen molar-refractivity contribution >= 4 is 44.8 Å². The molecule has 7 nitrogen and oxygen atoms in total. The van der Waals surface area contributed by atoms with Gasteiger partial charge in [0.1, 0.15) is 5.75 Å². The number of carbonyl (C=O) groups excluding carboxylic acids is 1. The summed E-state index contributed by atoms with van der Waals surface area (Å²) < 4.78 is 32.8. The SMILES string of the molecule is COc1ccc(S(=O)(=O)N[C@H](C)C(=O)N2CCN(c3cccc(Cl)c3)CC2)cc1Cl. The van der Waals surface area contributed by atoms with Crippen LogP contribution in [-0.4, -0.2) is 58.6 Å². The number of halogens is 2. The van der Waals surface area contributed by atoms with E-state index in [2.05, 4.69) is 9.62 Å². The standard InChI is InChI=1S/C20H23Cl2N3O4S/c1-14(23-30(27,28)17-6-7-19(29-2)18(22)13-17)20(26)25-10-8-24(9-11-25)16-5-3-4-15(21)12-16/h3-7,12-14,23H,8-11H2,1-2H3/t14-/m1/s1. The Balaban J connectivity index is 1.61. The van der Waals surface area contributed by atoms with E-state index in [4.69, 9.17) is 27.9 Å². The van der Waals surface area contributed by atoms with Crippen LogP contribution < -0.4 is 14.4 Å². The Kier molecular flexibility index (Phi) is 7.13. The first-order valence-corrected chi connectivity index (χ1v) is 11.6. The lowest BCUT2D eigenvalue weighted by Crippen LogP contribution is -2.54. The summed E-state index contributed by atoms with van der Waals surface area (Å²) in [6, 6.07) is 10.8. The van der Waals surface area contributed by atoms with Gasteiger partial charge in [-0.2, -0.15) is 4.72 Å². The zero-order valence-electron chi connectivity index (χ0n) is 16.6. The van der Waals surface area contributed by atoms with E-state index in [1.54, 1.807) is 4.90 Å². The van der Waals surface area contributed by atoms with E-state index < -0.39 is 16.1 Å². The molecule has 0 aliphatic carbocycles. The van der Waals surface area contributed by atoms with Gasteiger partial charge in [0.2, 0.25) is 15.9 Å². The molecule has 1 heterocycles. The largest absolute Gasteiger partial charge is 0.495 e. The lowest BCUT2D eigenvalue weighted by atomic mass is 10.2. The molecule has 10 heteroatoms. The van der Waals surface area contributed by atoms with Gasteiger partial charge in [-0.3, -0.25) is 4.79 Å². The highest BCUT2D eigenvalue weighted by molar-refractivity contribution is 7.89. The van der Waals surface area contributed by atoms with E-state index >= 15 is 0 Å². The number of hydrogen-bond acceptors (Lipinski definition) is 5. The van der Waals surface area contributed by atoms with Gasteiger partial charge < -0.3 is 14.5 Å². The van der Waals surface area contributed by atoms with Gasteiger partial charge in [-0.25, -0.2) is 8.42 Å². The van der Waals surface area contributed by atoms with Crippen LogP contribution in [0.5, 0.6) is 5.75 Å². The molecular weight excluding hydrogens is 449 g/mol. The fourth-order valence-electron chi connectivity index (χ4n) is 3.30. The van der Waals surface area contributed by atoms with E-state index in [9.17, 15) is 13.2 Å². The predicted octanol–water partition coefficient (Wildman–Crippen LogP) is 3.02. The minimum atomic E-state index is -3.91. The van der Waals surface area contributed by atoms with Crippen molar-refractivity contribution in [2.75, 3.05) is 38.2 Å². The first-order chi connectivity index (χ1) is 14.2. The highest BCUT2D eigenvalue weighted by Gasteiger charge is 2.28. The number of hydrogen-bond donors (Lipinski definition) is 1. The van der Waals surface area contributed by atoms with E-state index in [1.165, 1.54) is 32.2 Å². The molecule has 0 aromatic heterocycles. The van der Waals surface area contributed by atoms with Gasteiger partial charge >= 0.3 is 0 Å². The predicted molar refractivity (Wildman–Crippen MR) is 118 cm³/mol. The third-order valence-electron chi connectivity index (χ3n) is 4.90. The maximum Gasteiger partial charge on any atom is 0.241 e. The normalized spacial score (nSPS) is 15.7. The molecule has 0 radical (unpaired) electrons. The molecule has 1 fully saturated rings. The summed E-state index contributed by atoms with van der Waals surface area (Å²) in [5.74, 6) is 0.0984. The number of piperazine rings is 1. The molecule has 2 aromatic carbocycles. The highest BCUT2D eigenvalue weighted by Crippen LogP contribution is 2.27. The summed E-state index contributed by atoms with van der Waals surface area (Å²) in [6.45, 7) is 3.80. The second-order valence-electron chi connectivity index (χ2n) is 6.93. The Labute approximate surface area is 186 Å². The number of methoxy groups -OCH3 is 1. The number of rotatable bonds is 6. The average molecular weight is 472 g/mol. The number of sulfonamides is 1. The van der Waals surface area contributed by atoms with Gasteiger partial charge in [-0.15, -0.1) is 0 Å². The van der Waals surface area contributed by atoms with Crippen molar-refractivity contribution in [1.82, 2.24) is 9.62 Å². The molecule has 0 saturated carbocycles. The van der Waals surface area contributed by atoms with Crippen LogP contribution in [-0.2, 0) is 14.8 Å². The van der Waals surface area contributed by atoms with Gasteiger partial charge in [-0.05, 0) is 43.3 Å². The third kappa shape index (κ3) is 5.18. The molecular formula is C20H23Cl2N3O4S. The fourth-order valence-corrected chi connectivity index (χ4v) is 5.03. The number of nitrogens with one attached hydrogen (secondary N) is 1. The summed E-state index contributed by atoms with van der Waals surface area (Å²) >= 11 is 12.1. The molecule has 1 aliphatic rings. The fraction of sp³-hybridized carbons (Fsp3) is 0.350. The van der Waals surface area contributed by atoms with Crippen LogP contribution in [0, 0.1) is 0 Å². The number of amides is 1. The topological polar surface area (TPSA) is 78.9 Å². The zero-order valence-corrected chi connectivity index (χ0v) is 19.0. The van der Waals surface area contributed by atoms with Crippen LogP contribution >= 0.6 is 23.2 Å². The quantitative estimate of drug-likeness (QED) is 0.700. The zero-order chi connectivity index (χ0) is 21.9. The molecule has 1 atom stereocenters. The minimum absolute atomic E-state index is 0.0290. The molecule has 1 amide bonds. The molecule has 30 heavy (non-hydrogen) atoms. The van der Waals surface area contributed by atoms with Gasteiger partial charge in [-0.1, -0.05) is 29.3 Å². The molecule has 1 saturated heterocycles. The van der Waals surface area contributed by atoms with E-state index in [1.807, 2.05) is 24.3 Å². The van der Waals surface area contributed by atoms with Gasteiger partial charge in [0.15, 0.2) is 0 Å². The minimum Gasteiger partial charge on any atom is -0.495 e. The maximum absolute atomic E-state index is 12.8. The molecule has 0 spiro atoms. The summed E-state index contributed by atoms with van der Waals surface area (Å²) in [5.41, 5.74) is 1.000. The van der Waals surface area contributed by atoms with Crippen molar-refractivity contribution in [2.45, 2.75) is 17.9 Å². The van der Waals surface area contributed by atoms with Crippen LogP contribution in [0.2, 0.25) is 10.0 Å². The van der Waals surface area contributed by atoms with Crippen LogP contribution in [0.15, 0.2) is 47.4 Å². The number of nitrogens with zero attached hydrogens (tertiary/aromatic N) is 2. The van der Waals surface area contributed by atoms with Gasteiger partial charge in [0.05, 0.1) is 23.1 Å². The summed E-state index contributed by atoms with van der Waals surface area (Å²) in [4.78, 5) is 16.6. The summed E-state index contributed by atoms with van der Waals surface area (Å²) in [6.07, 6.45) is 0. The highest BCUT2D eigenvalue weighted by atomic mass is 35.5. The van der Waals surface area contributed by atoms with E-state index in [0.29, 0.717) is 37.0 Å². The number of anilines is 1. The van der Waals surface area contributed by atoms with Crippen LogP contribution in [0.25, 0.3) is 0 Å². The Morgan fingerprint density at radius 2 is 1.80 bits per heavy atom. The van der Waals surface area contributed by atoms with E-state index in [-0.39, 0.29) is 15.8 Å². The Hall–Kier alpha value is -2.00. The molecule has 3 rings (SSSR count). The second kappa shape index (κ2) is 9.43. The number of benzene rings is 2. The van der Waals surface area contributed by atoms with Crippen LogP contribution in [0.3, 0.4) is 0 Å². The van der Waals surface area contributed by atoms with Crippen molar-refractivity contribution < 1.29 is 17.9 Å². The Morgan fingerprint density at radius 3 is 2.40 bits per heavy atom. The van der Waals surface area contributed by atoms with Crippen molar-refractivity contribution in [3.05, 3.63) is 52.5 Å². The number of ether oxygens (including phenoxy) is 1. The van der Waals surface area contributed by atoms with E-state index in [0.717, 1.165) is 5.69 Å². The summed E-state index contributed by atoms with van der Waals surface area (Å²) in [7, 11) is -2.47. The third-order valence-corrected chi connectivity index (χ3v) is 6.97. The smallest absolute Gasteiger partial charge is 0.241 e. The Bertz CT molecular complexity index is 1020. The second-order valence-corrected chi connectivity index (χ2v) is 9.49. The van der Waals surface area contributed by atoms with Gasteiger partial charge in [0.25, 0.3) is 0 Å². The molecule has 0 bridgehead atoms.